The van der Waals surface area contributed by atoms with Gasteiger partial charge in [0.05, 0.1) is 40.9 Å². The van der Waals surface area contributed by atoms with Crippen molar-refractivity contribution in [3.63, 3.8) is 0 Å². The third-order valence-corrected chi connectivity index (χ3v) is 31.0. The van der Waals surface area contributed by atoms with Crippen molar-refractivity contribution in [1.82, 2.24) is 0 Å². The first-order chi connectivity index (χ1) is 27.3. The second kappa shape index (κ2) is 19.7. The molecule has 0 heterocycles. The van der Waals surface area contributed by atoms with Crippen LogP contribution in [-0.4, -0.2) is 88.6 Å². The topological polar surface area (TPSA) is 172 Å². The Morgan fingerprint density at radius 3 is 1.13 bits per heavy atom. The van der Waals surface area contributed by atoms with Crippen LogP contribution in [0.2, 0.25) is 0 Å². The second-order valence-corrected chi connectivity index (χ2v) is 34.1. The van der Waals surface area contributed by atoms with Crippen LogP contribution in [-0.2, 0) is 30.4 Å². The largest absolute Gasteiger partial charge is 1.00 e. The number of hydrogen-bond donors (Lipinski definition) is 0. The standard InChI is InChI=1S/C24H39O3PS.C20H33O6PS2.3Na/c1-16(15-29(25,26)27)14-28(23-8-17-2-18(9-23)4-19(3-17)10-23)24-11-20-5-21(12-24)7-22(6-20)13-24;21-28(22,23)17-9-16(10-18(11-17)29(24,25)26)27(19-7-12-1-3-14(19)5-12)20-8-13-2-4-15(20)6-13;;;/h16-22H,2-15H2,1H3,(H,25,26,27);12-20H,1-11H2,(H,21,22,23)(H,24,25,26);;;/q;;3*+1/p-3. The van der Waals surface area contributed by atoms with E-state index in [1.165, 1.54) is 128 Å². The Labute approximate surface area is 437 Å². The Hall–Kier alpha value is 3.59. The summed E-state index contributed by atoms with van der Waals surface area (Å²) in [5.74, 6) is 8.58. The fraction of sp³-hybridized carbons (Fsp3) is 1.00. The Balaban J connectivity index is 0.000000175. The van der Waals surface area contributed by atoms with E-state index in [4.69, 9.17) is 0 Å². The van der Waals surface area contributed by atoms with Crippen LogP contribution in [0.3, 0.4) is 0 Å². The Kier molecular flexibility index (Phi) is 16.9. The molecule has 9 atom stereocenters. The number of fused-ring (bicyclic) bond motifs is 4. The van der Waals surface area contributed by atoms with Gasteiger partial charge in [-0.2, -0.15) is 0 Å². The quantitative estimate of drug-likeness (QED) is 0.155. The number of hydrogen-bond acceptors (Lipinski definition) is 9. The molecule has 0 spiro atoms. The zero-order valence-electron chi connectivity index (χ0n) is 37.7. The summed E-state index contributed by atoms with van der Waals surface area (Å²) >= 11 is 0. The van der Waals surface area contributed by atoms with Crippen molar-refractivity contribution in [2.75, 3.05) is 11.9 Å². The van der Waals surface area contributed by atoms with Crippen molar-refractivity contribution in [2.45, 2.75) is 192 Å². The molecular weight excluding hydrogens is 900 g/mol. The average Bonchev–Trinajstić information content (AvgIpc) is 3.93. The zero-order chi connectivity index (χ0) is 40.6. The molecule has 330 valence electrons. The van der Waals surface area contributed by atoms with Gasteiger partial charge in [-0.25, -0.2) is 25.3 Å². The maximum atomic E-state index is 11.9. The summed E-state index contributed by atoms with van der Waals surface area (Å²) in [4.78, 5) is 0. The van der Waals surface area contributed by atoms with Crippen LogP contribution in [0.1, 0.15) is 155 Å². The van der Waals surface area contributed by atoms with E-state index in [0.717, 1.165) is 53.5 Å². The minimum absolute atomic E-state index is 0. The van der Waals surface area contributed by atoms with Crippen LogP contribution in [0.15, 0.2) is 0 Å². The van der Waals surface area contributed by atoms with Gasteiger partial charge in [0, 0.05) is 5.75 Å². The normalized spacial score (nSPS) is 47.7. The van der Waals surface area contributed by atoms with Crippen LogP contribution >= 0.6 is 15.8 Å². The predicted octanol–water partition coefficient (Wildman–Crippen LogP) is -0.175. The Morgan fingerprint density at radius 1 is 0.492 bits per heavy atom. The fourth-order valence-corrected chi connectivity index (χ4v) is 32.1. The van der Waals surface area contributed by atoms with Gasteiger partial charge in [0.15, 0.2) is 0 Å². The maximum absolute atomic E-state index is 11.9. The molecule has 9 nitrogen and oxygen atoms in total. The molecule has 0 aromatic heterocycles. The maximum Gasteiger partial charge on any atom is 1.00 e. The molecule has 9 unspecified atom stereocenters. The molecule has 0 radical (unpaired) electrons. The third-order valence-electron chi connectivity index (χ3n) is 19.1. The van der Waals surface area contributed by atoms with Crippen LogP contribution in [0, 0.1) is 65.1 Å². The molecule has 0 saturated heterocycles. The summed E-state index contributed by atoms with van der Waals surface area (Å²) in [5, 5.41) is -1.35. The van der Waals surface area contributed by atoms with E-state index in [0.29, 0.717) is 33.5 Å². The van der Waals surface area contributed by atoms with Gasteiger partial charge in [0.25, 0.3) is 0 Å². The molecule has 13 saturated carbocycles. The van der Waals surface area contributed by atoms with Gasteiger partial charge in [-0.3, -0.25) is 0 Å². The van der Waals surface area contributed by atoms with Crippen LogP contribution < -0.4 is 88.7 Å². The molecule has 13 aliphatic rings. The molecule has 61 heavy (non-hydrogen) atoms. The molecule has 13 aliphatic carbocycles. The summed E-state index contributed by atoms with van der Waals surface area (Å²) in [6.45, 7) is 2.08. The molecule has 0 aromatic carbocycles. The van der Waals surface area contributed by atoms with Crippen LogP contribution in [0.4, 0.5) is 0 Å². The average molecular weight is 969 g/mol. The monoisotopic (exact) mass is 968 g/mol. The van der Waals surface area contributed by atoms with Crippen molar-refractivity contribution in [2.24, 2.45) is 65.1 Å². The second-order valence-electron chi connectivity index (χ2n) is 23.2. The smallest absolute Gasteiger partial charge is 0.748 e. The van der Waals surface area contributed by atoms with E-state index in [-0.39, 0.29) is 133 Å². The predicted molar refractivity (Wildman–Crippen MR) is 227 cm³/mol. The minimum atomic E-state index is -4.60. The van der Waals surface area contributed by atoms with Gasteiger partial charge >= 0.3 is 88.7 Å². The van der Waals surface area contributed by atoms with Crippen LogP contribution in [0.25, 0.3) is 0 Å². The first kappa shape index (κ1) is 52.4. The number of rotatable bonds is 11. The summed E-state index contributed by atoms with van der Waals surface area (Å²) in [7, 11) is -14.1. The van der Waals surface area contributed by atoms with Gasteiger partial charge in [0.1, 0.15) is 0 Å². The molecule has 0 aliphatic heterocycles. The Bertz CT molecular complexity index is 1740. The molecule has 17 heteroatoms. The molecule has 12 bridgehead atoms. The van der Waals surface area contributed by atoms with Gasteiger partial charge in [-0.1, -0.05) is 35.6 Å². The Morgan fingerprint density at radius 2 is 0.852 bits per heavy atom. The van der Waals surface area contributed by atoms with Gasteiger partial charge in [-0.05, 0) is 233 Å². The molecule has 13 fully saturated rings. The van der Waals surface area contributed by atoms with E-state index >= 15 is 0 Å². The van der Waals surface area contributed by atoms with E-state index in [1.807, 2.05) is 0 Å². The first-order valence-electron chi connectivity index (χ1n) is 23.7. The minimum Gasteiger partial charge on any atom is -0.748 e. The summed E-state index contributed by atoms with van der Waals surface area (Å²) < 4.78 is 106. The van der Waals surface area contributed by atoms with Gasteiger partial charge < -0.3 is 13.7 Å². The van der Waals surface area contributed by atoms with Crippen molar-refractivity contribution in [1.29, 1.82) is 0 Å². The van der Waals surface area contributed by atoms with Gasteiger partial charge in [-0.15, -0.1) is 0 Å². The van der Waals surface area contributed by atoms with Crippen molar-refractivity contribution >= 4 is 46.2 Å². The van der Waals surface area contributed by atoms with E-state index in [2.05, 4.69) is 6.92 Å². The molecule has 0 aromatic rings. The third kappa shape index (κ3) is 10.9. The zero-order valence-corrected chi connectivity index (χ0v) is 47.9. The molecular formula is C44H69Na3O9P2S3. The molecule has 0 amide bonds. The van der Waals surface area contributed by atoms with Crippen molar-refractivity contribution < 1.29 is 128 Å². The molecule has 13 rings (SSSR count). The first-order valence-corrected chi connectivity index (χ1v) is 31.3. The summed E-state index contributed by atoms with van der Waals surface area (Å²) in [5.41, 5.74) is 1.11. The van der Waals surface area contributed by atoms with Crippen molar-refractivity contribution in [3.8, 4) is 0 Å². The van der Waals surface area contributed by atoms with Gasteiger partial charge in [0.2, 0.25) is 0 Å². The summed E-state index contributed by atoms with van der Waals surface area (Å²) in [6.07, 6.45) is 28.9. The van der Waals surface area contributed by atoms with E-state index < -0.39 is 48.8 Å². The SMILES string of the molecule is CC(CP(C12CC3CC(CC(C3)C1)C2)C12CC3CC(CC(C3)C1)C2)CS(=O)(=O)[O-].O=S(=O)([O-])C1CC(P(C2CC3CCC2C3)C2CC3CCC2C3)CC(S(=O)(=O)[O-])C1.[Na+].[Na+].[Na+]. The van der Waals surface area contributed by atoms with Crippen LogP contribution in [0.5, 0.6) is 0 Å². The van der Waals surface area contributed by atoms with E-state index in [9.17, 15) is 38.9 Å². The fourth-order valence-electron chi connectivity index (χ4n) is 18.2. The van der Waals surface area contributed by atoms with Crippen molar-refractivity contribution in [3.05, 3.63) is 0 Å². The summed E-state index contributed by atoms with van der Waals surface area (Å²) in [6, 6.07) is 0. The van der Waals surface area contributed by atoms with E-state index in [1.54, 1.807) is 0 Å². The molecule has 0 N–H and O–H groups in total.